The summed E-state index contributed by atoms with van der Waals surface area (Å²) in [6.45, 7) is 2.87. The van der Waals surface area contributed by atoms with Gasteiger partial charge in [0, 0.05) is 31.1 Å². The molecule has 1 aliphatic rings. The van der Waals surface area contributed by atoms with Crippen molar-refractivity contribution in [2.45, 2.75) is 25.8 Å². The van der Waals surface area contributed by atoms with E-state index in [0.717, 1.165) is 6.07 Å². The van der Waals surface area contributed by atoms with Gasteiger partial charge in [0.05, 0.1) is 12.1 Å². The second-order valence-corrected chi connectivity index (χ2v) is 6.48. The van der Waals surface area contributed by atoms with Gasteiger partial charge in [-0.2, -0.15) is 0 Å². The van der Waals surface area contributed by atoms with Crippen LogP contribution in [-0.4, -0.2) is 46.9 Å². The van der Waals surface area contributed by atoms with Crippen molar-refractivity contribution in [1.29, 1.82) is 0 Å². The van der Waals surface area contributed by atoms with E-state index in [1.54, 1.807) is 0 Å². The van der Waals surface area contributed by atoms with Crippen LogP contribution in [0.5, 0.6) is 5.75 Å². The zero-order valence-electron chi connectivity index (χ0n) is 14.5. The molecule has 1 atom stereocenters. The van der Waals surface area contributed by atoms with Crippen molar-refractivity contribution in [1.82, 2.24) is 15.2 Å². The number of aromatic hydroxyl groups is 1. The first-order chi connectivity index (χ1) is 12.5. The van der Waals surface area contributed by atoms with Crippen LogP contribution in [0, 0.1) is 5.82 Å². The normalized spacial score (nSPS) is 16.0. The predicted molar refractivity (Wildman–Crippen MR) is 95.2 cm³/mol. The maximum Gasteiger partial charge on any atom is 0.267 e. The maximum atomic E-state index is 13.9. The molecule has 8 heteroatoms. The number of aromatic nitrogens is 1. The molecule has 0 spiro atoms. The molecule has 26 heavy (non-hydrogen) atoms. The summed E-state index contributed by atoms with van der Waals surface area (Å²) in [6, 6.07) is 2.37. The molecule has 1 aliphatic heterocycles. The zero-order chi connectivity index (χ0) is 18.8. The van der Waals surface area contributed by atoms with E-state index in [-0.39, 0.29) is 30.1 Å². The van der Waals surface area contributed by atoms with E-state index in [2.05, 4.69) is 10.6 Å². The van der Waals surface area contributed by atoms with Gasteiger partial charge in [-0.3, -0.25) is 9.59 Å². The van der Waals surface area contributed by atoms with Gasteiger partial charge in [-0.05, 0) is 37.5 Å². The fourth-order valence-electron chi connectivity index (χ4n) is 3.44. The maximum absolute atomic E-state index is 13.9. The molecule has 0 unspecified atom stereocenters. The van der Waals surface area contributed by atoms with Gasteiger partial charge in [0.1, 0.15) is 17.1 Å². The zero-order valence-corrected chi connectivity index (χ0v) is 14.5. The second kappa shape index (κ2) is 7.43. The predicted octanol–water partition coefficient (Wildman–Crippen LogP) is 0.665. The highest BCUT2D eigenvalue weighted by atomic mass is 19.1. The van der Waals surface area contributed by atoms with Crippen molar-refractivity contribution < 1.29 is 19.4 Å². The van der Waals surface area contributed by atoms with Crippen molar-refractivity contribution in [3.63, 3.8) is 0 Å². The first-order valence-electron chi connectivity index (χ1n) is 8.65. The van der Waals surface area contributed by atoms with Crippen LogP contribution in [0.25, 0.3) is 10.9 Å². The summed E-state index contributed by atoms with van der Waals surface area (Å²) >= 11 is 0. The molecule has 7 nitrogen and oxygen atoms in total. The number of nitrogens with one attached hydrogen (secondary N) is 2. The Balaban J connectivity index is 2.04. The third-order valence-corrected chi connectivity index (χ3v) is 4.69. The van der Waals surface area contributed by atoms with Crippen LogP contribution in [0.1, 0.15) is 35.3 Å². The van der Waals surface area contributed by atoms with E-state index in [0.29, 0.717) is 37.0 Å². The molecule has 1 amide bonds. The van der Waals surface area contributed by atoms with Gasteiger partial charge < -0.3 is 25.4 Å². The third-order valence-electron chi connectivity index (χ3n) is 4.69. The number of amides is 1. The Hall–Kier alpha value is -2.45. The van der Waals surface area contributed by atoms with E-state index in [1.807, 2.05) is 6.92 Å². The van der Waals surface area contributed by atoms with Gasteiger partial charge in [0.25, 0.3) is 11.5 Å². The molecule has 0 bridgehead atoms. The van der Waals surface area contributed by atoms with E-state index >= 15 is 0 Å². The number of benzene rings is 1. The molecule has 3 rings (SSSR count). The van der Waals surface area contributed by atoms with Gasteiger partial charge in [-0.15, -0.1) is 0 Å². The van der Waals surface area contributed by atoms with Crippen LogP contribution in [-0.2, 0) is 6.42 Å². The number of aliphatic hydroxyl groups excluding tert-OH is 1. The van der Waals surface area contributed by atoms with Gasteiger partial charge in [-0.25, -0.2) is 4.39 Å². The highest BCUT2D eigenvalue weighted by Crippen LogP contribution is 2.35. The average molecular weight is 363 g/mol. The molecule has 2 heterocycles. The molecule has 1 aromatic carbocycles. The quantitative estimate of drug-likeness (QED) is 0.565. The standard InChI is InChI=1S/C18H22FN3O4/c1-10-2-3-11-8-12(19)9-13-15(11)22(10)18(26)14(16(13)24)17(25)21-5-4-20-6-7-23/h8-10,20,23-24H,2-7H2,1H3,(H,21,25)/t10-/m0/s1. The number of halogens is 1. The lowest BCUT2D eigenvalue weighted by Crippen LogP contribution is -2.38. The Morgan fingerprint density at radius 1 is 1.35 bits per heavy atom. The monoisotopic (exact) mass is 363 g/mol. The van der Waals surface area contributed by atoms with Crippen LogP contribution in [0.3, 0.4) is 0 Å². The highest BCUT2D eigenvalue weighted by Gasteiger charge is 2.28. The number of hydrogen-bond acceptors (Lipinski definition) is 5. The minimum absolute atomic E-state index is 0.0180. The van der Waals surface area contributed by atoms with Gasteiger partial charge in [-0.1, -0.05) is 0 Å². The van der Waals surface area contributed by atoms with Gasteiger partial charge >= 0.3 is 0 Å². The molecule has 0 fully saturated rings. The molecular weight excluding hydrogens is 341 g/mol. The van der Waals surface area contributed by atoms with Crippen molar-refractivity contribution >= 4 is 16.8 Å². The fraction of sp³-hybridized carbons (Fsp3) is 0.444. The van der Waals surface area contributed by atoms with Crippen LogP contribution in [0.2, 0.25) is 0 Å². The summed E-state index contributed by atoms with van der Waals surface area (Å²) in [7, 11) is 0. The number of aryl methyl sites for hydroxylation is 1. The number of carbonyl (C=O) groups excluding carboxylic acids is 1. The number of aliphatic hydroxyl groups is 1. The number of pyridine rings is 1. The Labute approximate surface area is 149 Å². The van der Waals surface area contributed by atoms with Crippen LogP contribution in [0.4, 0.5) is 4.39 Å². The highest BCUT2D eigenvalue weighted by molar-refractivity contribution is 6.03. The minimum Gasteiger partial charge on any atom is -0.506 e. The molecule has 1 aromatic heterocycles. The van der Waals surface area contributed by atoms with Crippen LogP contribution >= 0.6 is 0 Å². The molecule has 0 saturated carbocycles. The first kappa shape index (κ1) is 18.3. The summed E-state index contributed by atoms with van der Waals surface area (Å²) in [6.07, 6.45) is 1.26. The van der Waals surface area contributed by atoms with E-state index in [4.69, 9.17) is 5.11 Å². The van der Waals surface area contributed by atoms with Gasteiger partial charge in [0.2, 0.25) is 0 Å². The minimum atomic E-state index is -0.701. The molecule has 0 aliphatic carbocycles. The third kappa shape index (κ3) is 3.17. The lowest BCUT2D eigenvalue weighted by atomic mass is 9.95. The average Bonchev–Trinajstić information content (AvgIpc) is 2.60. The van der Waals surface area contributed by atoms with E-state index in [1.165, 1.54) is 10.6 Å². The van der Waals surface area contributed by atoms with Crippen LogP contribution in [0.15, 0.2) is 16.9 Å². The van der Waals surface area contributed by atoms with E-state index in [9.17, 15) is 19.1 Å². The SMILES string of the molecule is C[C@H]1CCc2cc(F)cc3c(O)c(C(=O)NCCNCCO)c(=O)n1c23. The Bertz CT molecular complexity index is 910. The lowest BCUT2D eigenvalue weighted by molar-refractivity contribution is 0.0949. The second-order valence-electron chi connectivity index (χ2n) is 6.48. The molecule has 4 N–H and O–H groups in total. The van der Waals surface area contributed by atoms with Crippen molar-refractivity contribution in [2.75, 3.05) is 26.2 Å². The lowest BCUT2D eigenvalue weighted by Gasteiger charge is -2.26. The van der Waals surface area contributed by atoms with Gasteiger partial charge in [0.15, 0.2) is 0 Å². The van der Waals surface area contributed by atoms with Crippen LogP contribution < -0.4 is 16.2 Å². The Morgan fingerprint density at radius 2 is 2.12 bits per heavy atom. The fourth-order valence-corrected chi connectivity index (χ4v) is 3.44. The molecular formula is C18H22FN3O4. The summed E-state index contributed by atoms with van der Waals surface area (Å²) in [4.78, 5) is 25.4. The number of rotatable bonds is 6. The molecule has 0 radical (unpaired) electrons. The summed E-state index contributed by atoms with van der Waals surface area (Å²) in [5.41, 5.74) is 0.209. The molecule has 140 valence electrons. The first-order valence-corrected chi connectivity index (χ1v) is 8.65. The summed E-state index contributed by atoms with van der Waals surface area (Å²) < 4.78 is 15.4. The Kier molecular flexibility index (Phi) is 5.24. The number of hydrogen-bond donors (Lipinski definition) is 4. The summed E-state index contributed by atoms with van der Waals surface area (Å²) in [5.74, 6) is -1.70. The van der Waals surface area contributed by atoms with E-state index < -0.39 is 23.0 Å². The summed E-state index contributed by atoms with van der Waals surface area (Å²) in [5, 5.41) is 24.9. The van der Waals surface area contributed by atoms with Crippen molar-refractivity contribution in [3.05, 3.63) is 39.4 Å². The van der Waals surface area contributed by atoms with Crippen molar-refractivity contribution in [3.8, 4) is 5.75 Å². The number of carbonyl (C=O) groups is 1. The van der Waals surface area contributed by atoms with Crippen molar-refractivity contribution in [2.24, 2.45) is 0 Å². The Morgan fingerprint density at radius 3 is 2.85 bits per heavy atom. The largest absolute Gasteiger partial charge is 0.506 e. The topological polar surface area (TPSA) is 104 Å². The molecule has 0 saturated heterocycles. The number of nitrogens with zero attached hydrogens (tertiary/aromatic N) is 1. The smallest absolute Gasteiger partial charge is 0.267 e. The molecule has 2 aromatic rings.